The van der Waals surface area contributed by atoms with E-state index in [0.29, 0.717) is 5.54 Å². The van der Waals surface area contributed by atoms with Crippen LogP contribution in [0.5, 0.6) is 0 Å². The molecule has 14 heavy (non-hydrogen) atoms. The summed E-state index contributed by atoms with van der Waals surface area (Å²) in [6, 6.07) is 0. The Morgan fingerprint density at radius 1 is 1.00 bits per heavy atom. The van der Waals surface area contributed by atoms with E-state index in [0.717, 1.165) is 0 Å². The summed E-state index contributed by atoms with van der Waals surface area (Å²) in [5.74, 6) is 0. The van der Waals surface area contributed by atoms with E-state index in [1.165, 1.54) is 64.6 Å². The van der Waals surface area contributed by atoms with Gasteiger partial charge in [0.15, 0.2) is 0 Å². The zero-order chi connectivity index (χ0) is 9.86. The first kappa shape index (κ1) is 10.4. The van der Waals surface area contributed by atoms with Gasteiger partial charge in [0.05, 0.1) is 0 Å². The Kier molecular flexibility index (Phi) is 3.45. The molecule has 82 valence electrons. The summed E-state index contributed by atoms with van der Waals surface area (Å²) in [5, 5.41) is 3.62. The summed E-state index contributed by atoms with van der Waals surface area (Å²) < 4.78 is 0. The van der Waals surface area contributed by atoms with Crippen LogP contribution in [0.1, 0.15) is 44.9 Å². The van der Waals surface area contributed by atoms with Crippen molar-refractivity contribution in [2.45, 2.75) is 50.5 Å². The number of likely N-dealkylation sites (tertiary alicyclic amines) is 1. The molecule has 0 radical (unpaired) electrons. The molecule has 2 aliphatic rings. The summed E-state index contributed by atoms with van der Waals surface area (Å²) in [4.78, 5) is 2.64. The van der Waals surface area contributed by atoms with Crippen molar-refractivity contribution in [3.63, 3.8) is 0 Å². The molecule has 2 heterocycles. The molecular weight excluding hydrogens is 172 g/mol. The van der Waals surface area contributed by atoms with Crippen LogP contribution in [0.3, 0.4) is 0 Å². The van der Waals surface area contributed by atoms with E-state index >= 15 is 0 Å². The highest BCUT2D eigenvalue weighted by molar-refractivity contribution is 4.94. The van der Waals surface area contributed by atoms with E-state index < -0.39 is 0 Å². The molecule has 0 aliphatic carbocycles. The SMILES string of the molecule is CN1CCCCCC12CCCCNC2. The molecule has 1 unspecified atom stereocenters. The van der Waals surface area contributed by atoms with Gasteiger partial charge in [-0.05, 0) is 45.8 Å². The monoisotopic (exact) mass is 196 g/mol. The van der Waals surface area contributed by atoms with E-state index in [-0.39, 0.29) is 0 Å². The minimum absolute atomic E-state index is 0.507. The van der Waals surface area contributed by atoms with Crippen LogP contribution in [0.4, 0.5) is 0 Å². The highest BCUT2D eigenvalue weighted by Gasteiger charge is 2.35. The molecule has 1 N–H and O–H groups in total. The second kappa shape index (κ2) is 4.63. The summed E-state index contributed by atoms with van der Waals surface area (Å²) in [5.41, 5.74) is 0.507. The Morgan fingerprint density at radius 2 is 1.79 bits per heavy atom. The fourth-order valence-electron chi connectivity index (χ4n) is 3.06. The van der Waals surface area contributed by atoms with Crippen LogP contribution in [-0.2, 0) is 0 Å². The van der Waals surface area contributed by atoms with Crippen molar-refractivity contribution in [1.82, 2.24) is 10.2 Å². The number of hydrogen-bond acceptors (Lipinski definition) is 2. The van der Waals surface area contributed by atoms with Crippen molar-refractivity contribution in [2.24, 2.45) is 0 Å². The lowest BCUT2D eigenvalue weighted by atomic mass is 9.87. The average molecular weight is 196 g/mol. The molecule has 2 rings (SSSR count). The van der Waals surface area contributed by atoms with Crippen LogP contribution in [0.25, 0.3) is 0 Å². The van der Waals surface area contributed by atoms with Crippen molar-refractivity contribution < 1.29 is 0 Å². The molecule has 2 nitrogen and oxygen atoms in total. The van der Waals surface area contributed by atoms with E-state index in [2.05, 4.69) is 17.3 Å². The molecule has 0 aromatic carbocycles. The Bertz CT molecular complexity index is 163. The van der Waals surface area contributed by atoms with Crippen LogP contribution < -0.4 is 5.32 Å². The van der Waals surface area contributed by atoms with Gasteiger partial charge in [0, 0.05) is 12.1 Å². The van der Waals surface area contributed by atoms with Gasteiger partial charge in [-0.2, -0.15) is 0 Å². The Morgan fingerprint density at radius 3 is 2.64 bits per heavy atom. The standard InChI is InChI=1S/C12H24N2/c1-14-10-6-2-3-7-12(14)8-4-5-9-13-11-12/h13H,2-11H2,1H3. The number of likely N-dealkylation sites (N-methyl/N-ethyl adjacent to an activating group) is 1. The third-order valence-electron chi connectivity index (χ3n) is 4.15. The second-order valence-corrected chi connectivity index (χ2v) is 5.09. The average Bonchev–Trinajstić information content (AvgIpc) is 2.51. The van der Waals surface area contributed by atoms with Crippen molar-refractivity contribution in [2.75, 3.05) is 26.7 Å². The second-order valence-electron chi connectivity index (χ2n) is 5.09. The quantitative estimate of drug-likeness (QED) is 0.637. The highest BCUT2D eigenvalue weighted by Crippen LogP contribution is 2.31. The van der Waals surface area contributed by atoms with Gasteiger partial charge in [-0.3, -0.25) is 4.90 Å². The van der Waals surface area contributed by atoms with Gasteiger partial charge in [-0.15, -0.1) is 0 Å². The molecule has 2 heteroatoms. The molecule has 0 saturated carbocycles. The van der Waals surface area contributed by atoms with Crippen LogP contribution in [0.15, 0.2) is 0 Å². The first-order valence-corrected chi connectivity index (χ1v) is 6.25. The first-order chi connectivity index (χ1) is 6.83. The number of nitrogens with zero attached hydrogens (tertiary/aromatic N) is 1. The molecule has 0 amide bonds. The fourth-order valence-corrected chi connectivity index (χ4v) is 3.06. The molecule has 1 spiro atoms. The normalized spacial score (nSPS) is 36.6. The lowest BCUT2D eigenvalue weighted by Gasteiger charge is -2.40. The van der Waals surface area contributed by atoms with Gasteiger partial charge in [0.2, 0.25) is 0 Å². The molecule has 2 aliphatic heterocycles. The van der Waals surface area contributed by atoms with Crippen molar-refractivity contribution in [3.8, 4) is 0 Å². The van der Waals surface area contributed by atoms with Crippen molar-refractivity contribution in [1.29, 1.82) is 0 Å². The molecule has 2 saturated heterocycles. The lowest BCUT2D eigenvalue weighted by Crippen LogP contribution is -2.51. The maximum absolute atomic E-state index is 3.62. The summed E-state index contributed by atoms with van der Waals surface area (Å²) in [6.45, 7) is 3.76. The van der Waals surface area contributed by atoms with E-state index in [1.54, 1.807) is 0 Å². The van der Waals surface area contributed by atoms with E-state index in [4.69, 9.17) is 0 Å². The fraction of sp³-hybridized carbons (Fsp3) is 1.00. The van der Waals surface area contributed by atoms with Gasteiger partial charge in [-0.1, -0.05) is 19.3 Å². The van der Waals surface area contributed by atoms with Gasteiger partial charge >= 0.3 is 0 Å². The molecule has 1 atom stereocenters. The topological polar surface area (TPSA) is 15.3 Å². The maximum Gasteiger partial charge on any atom is 0.0330 e. The number of nitrogens with one attached hydrogen (secondary N) is 1. The summed E-state index contributed by atoms with van der Waals surface area (Å²) in [6.07, 6.45) is 9.89. The van der Waals surface area contributed by atoms with Crippen molar-refractivity contribution in [3.05, 3.63) is 0 Å². The van der Waals surface area contributed by atoms with Gasteiger partial charge < -0.3 is 5.32 Å². The molecule has 0 aromatic heterocycles. The van der Waals surface area contributed by atoms with Crippen LogP contribution in [-0.4, -0.2) is 37.1 Å². The Balaban J connectivity index is 2.07. The Hall–Kier alpha value is -0.0800. The van der Waals surface area contributed by atoms with Gasteiger partial charge in [0.1, 0.15) is 0 Å². The lowest BCUT2D eigenvalue weighted by molar-refractivity contribution is 0.112. The van der Waals surface area contributed by atoms with Gasteiger partial charge in [-0.25, -0.2) is 0 Å². The largest absolute Gasteiger partial charge is 0.315 e. The third kappa shape index (κ3) is 2.12. The van der Waals surface area contributed by atoms with Crippen LogP contribution in [0.2, 0.25) is 0 Å². The minimum Gasteiger partial charge on any atom is -0.315 e. The zero-order valence-electron chi connectivity index (χ0n) is 9.52. The van der Waals surface area contributed by atoms with Gasteiger partial charge in [0.25, 0.3) is 0 Å². The molecule has 0 bridgehead atoms. The predicted molar refractivity (Wildman–Crippen MR) is 60.5 cm³/mol. The van der Waals surface area contributed by atoms with E-state index in [1.807, 2.05) is 0 Å². The molecule has 0 aromatic rings. The summed E-state index contributed by atoms with van der Waals surface area (Å²) >= 11 is 0. The minimum atomic E-state index is 0.507. The number of hydrogen-bond donors (Lipinski definition) is 1. The Labute approximate surface area is 88.1 Å². The highest BCUT2D eigenvalue weighted by atomic mass is 15.2. The van der Waals surface area contributed by atoms with Crippen LogP contribution >= 0.6 is 0 Å². The van der Waals surface area contributed by atoms with Crippen LogP contribution in [0, 0.1) is 0 Å². The summed E-state index contributed by atoms with van der Waals surface area (Å²) in [7, 11) is 2.33. The van der Waals surface area contributed by atoms with Crippen molar-refractivity contribution >= 4 is 0 Å². The zero-order valence-corrected chi connectivity index (χ0v) is 9.52. The maximum atomic E-state index is 3.62. The van der Waals surface area contributed by atoms with E-state index in [9.17, 15) is 0 Å². The number of rotatable bonds is 0. The smallest absolute Gasteiger partial charge is 0.0330 e. The predicted octanol–water partition coefficient (Wildman–Crippen LogP) is 2.00. The molecule has 2 fully saturated rings. The first-order valence-electron chi connectivity index (χ1n) is 6.25. The molecular formula is C12H24N2. The third-order valence-corrected chi connectivity index (χ3v) is 4.15.